The molecule has 0 saturated carbocycles. The van der Waals surface area contributed by atoms with Gasteiger partial charge in [-0.2, -0.15) is 0 Å². The highest BCUT2D eigenvalue weighted by Crippen LogP contribution is 2.23. The van der Waals surface area contributed by atoms with Crippen LogP contribution >= 0.6 is 0 Å². The number of aryl methyl sites for hydroxylation is 2. The van der Waals surface area contributed by atoms with Gasteiger partial charge < -0.3 is 18.6 Å². The minimum absolute atomic E-state index is 0.0471. The summed E-state index contributed by atoms with van der Waals surface area (Å²) in [6.07, 6.45) is 2.22. The van der Waals surface area contributed by atoms with E-state index in [1.165, 1.54) is 17.9 Å². The molecule has 0 N–H and O–H groups in total. The first kappa shape index (κ1) is 25.7. The van der Waals surface area contributed by atoms with Gasteiger partial charge in [-0.05, 0) is 36.8 Å². The highest BCUT2D eigenvalue weighted by Gasteiger charge is 2.25. The van der Waals surface area contributed by atoms with E-state index in [0.717, 1.165) is 18.5 Å². The first-order valence-electron chi connectivity index (χ1n) is 12.4. The molecule has 0 unspecified atom stereocenters. The van der Waals surface area contributed by atoms with Crippen LogP contribution in [0.4, 0.5) is 0 Å². The Balaban J connectivity index is 1.32. The maximum atomic E-state index is 13.0. The van der Waals surface area contributed by atoms with Crippen LogP contribution in [0.3, 0.4) is 0 Å². The van der Waals surface area contributed by atoms with Gasteiger partial charge in [-0.1, -0.05) is 50.2 Å². The van der Waals surface area contributed by atoms with Gasteiger partial charge in [-0.3, -0.25) is 14.5 Å². The van der Waals surface area contributed by atoms with E-state index in [4.69, 9.17) is 13.7 Å². The van der Waals surface area contributed by atoms with Crippen molar-refractivity contribution in [3.63, 3.8) is 0 Å². The van der Waals surface area contributed by atoms with Crippen molar-refractivity contribution in [2.75, 3.05) is 26.2 Å². The second-order valence-electron chi connectivity index (χ2n) is 10.4. The third-order valence-corrected chi connectivity index (χ3v) is 6.57. The van der Waals surface area contributed by atoms with Crippen LogP contribution in [0, 0.1) is 13.8 Å². The summed E-state index contributed by atoms with van der Waals surface area (Å²) >= 11 is 0. The third kappa shape index (κ3) is 6.05. The first-order valence-corrected chi connectivity index (χ1v) is 12.4. The summed E-state index contributed by atoms with van der Waals surface area (Å²) in [5, 5.41) is 3.90. The fourth-order valence-electron chi connectivity index (χ4n) is 4.39. The van der Waals surface area contributed by atoms with E-state index in [1.54, 1.807) is 13.8 Å². The van der Waals surface area contributed by atoms with Crippen LogP contribution in [0.1, 0.15) is 65.9 Å². The number of nitrogens with zero attached hydrogens (tertiary/aromatic N) is 3. The Bertz CT molecular complexity index is 1230. The summed E-state index contributed by atoms with van der Waals surface area (Å²) in [6.45, 7) is 13.6. The number of ether oxygens (including phenoxy) is 1. The van der Waals surface area contributed by atoms with E-state index in [2.05, 4.69) is 43.0 Å². The molecule has 8 heteroatoms. The van der Waals surface area contributed by atoms with Crippen molar-refractivity contribution in [3.8, 4) is 5.75 Å². The molecule has 1 aliphatic heterocycles. The van der Waals surface area contributed by atoms with Gasteiger partial charge in [-0.15, -0.1) is 0 Å². The van der Waals surface area contributed by atoms with Gasteiger partial charge >= 0.3 is 0 Å². The number of rotatable bonds is 6. The summed E-state index contributed by atoms with van der Waals surface area (Å²) in [6, 6.07) is 9.73. The molecular weight excluding hydrogens is 458 g/mol. The molecule has 2 aromatic heterocycles. The zero-order valence-corrected chi connectivity index (χ0v) is 21.8. The molecule has 0 aliphatic carbocycles. The summed E-state index contributed by atoms with van der Waals surface area (Å²) in [5.74, 6) is 1.27. The smallest absolute Gasteiger partial charge is 0.259 e. The molecule has 1 saturated heterocycles. The lowest BCUT2D eigenvalue weighted by Crippen LogP contribution is -2.35. The molecule has 1 aromatic carbocycles. The van der Waals surface area contributed by atoms with Crippen molar-refractivity contribution in [1.29, 1.82) is 0 Å². The Kier molecular flexibility index (Phi) is 7.64. The van der Waals surface area contributed by atoms with Crippen LogP contribution in [0.2, 0.25) is 0 Å². The monoisotopic (exact) mass is 493 g/mol. The zero-order chi connectivity index (χ0) is 25.9. The fraction of sp³-hybridized carbons (Fsp3) is 0.464. The molecule has 0 spiro atoms. The Labute approximate surface area is 211 Å². The maximum Gasteiger partial charge on any atom is 0.259 e. The Hall–Kier alpha value is -3.39. The van der Waals surface area contributed by atoms with Crippen LogP contribution in [-0.4, -0.2) is 47.0 Å². The standard InChI is InChI=1S/C28H35N3O5/c1-19-26(20(2)36-29-19)27(33)31-12-6-11-30(13-14-31)16-23-15-24(32)25(18-34-23)35-17-21-7-9-22(10-8-21)28(3,4)5/h7-10,15,18H,6,11-14,16-17H2,1-5H3. The van der Waals surface area contributed by atoms with Gasteiger partial charge in [0, 0.05) is 32.2 Å². The van der Waals surface area contributed by atoms with E-state index < -0.39 is 0 Å². The largest absolute Gasteiger partial charge is 0.482 e. The first-order chi connectivity index (χ1) is 17.1. The summed E-state index contributed by atoms with van der Waals surface area (Å²) in [4.78, 5) is 29.6. The van der Waals surface area contributed by atoms with Crippen LogP contribution in [0.25, 0.3) is 0 Å². The highest BCUT2D eigenvalue weighted by atomic mass is 16.5. The van der Waals surface area contributed by atoms with Crippen molar-refractivity contribution >= 4 is 5.91 Å². The number of carbonyl (C=O) groups excluding carboxylic acids is 1. The molecule has 4 rings (SSSR count). The van der Waals surface area contributed by atoms with Crippen molar-refractivity contribution in [2.24, 2.45) is 0 Å². The van der Waals surface area contributed by atoms with E-state index >= 15 is 0 Å². The summed E-state index contributed by atoms with van der Waals surface area (Å²) in [7, 11) is 0. The van der Waals surface area contributed by atoms with Gasteiger partial charge in [0.05, 0.1) is 12.2 Å². The Morgan fingerprint density at radius 2 is 1.83 bits per heavy atom. The molecule has 8 nitrogen and oxygen atoms in total. The fourth-order valence-corrected chi connectivity index (χ4v) is 4.39. The number of hydrogen-bond donors (Lipinski definition) is 0. The van der Waals surface area contributed by atoms with E-state index in [-0.39, 0.29) is 22.5 Å². The normalized spacial score (nSPS) is 15.1. The van der Waals surface area contributed by atoms with Crippen molar-refractivity contribution < 1.29 is 18.5 Å². The number of carbonyl (C=O) groups is 1. The summed E-state index contributed by atoms with van der Waals surface area (Å²) < 4.78 is 16.6. The number of hydrogen-bond acceptors (Lipinski definition) is 7. The molecule has 1 aliphatic rings. The maximum absolute atomic E-state index is 13.0. The second kappa shape index (κ2) is 10.7. The van der Waals surface area contributed by atoms with E-state index in [9.17, 15) is 9.59 Å². The average molecular weight is 494 g/mol. The quantitative estimate of drug-likeness (QED) is 0.501. The Morgan fingerprint density at radius 3 is 2.47 bits per heavy atom. The SMILES string of the molecule is Cc1noc(C)c1C(=O)N1CCCN(Cc2cc(=O)c(OCc3ccc(C(C)(C)C)cc3)co2)CC1. The number of aromatic nitrogens is 1. The molecule has 192 valence electrons. The second-order valence-corrected chi connectivity index (χ2v) is 10.4. The molecule has 1 fully saturated rings. The van der Waals surface area contributed by atoms with Crippen molar-refractivity contribution in [2.45, 2.75) is 59.6 Å². The van der Waals surface area contributed by atoms with Crippen molar-refractivity contribution in [1.82, 2.24) is 15.0 Å². The topological polar surface area (TPSA) is 89.0 Å². The molecule has 0 atom stereocenters. The molecular formula is C28H35N3O5. The minimum atomic E-state index is -0.201. The van der Waals surface area contributed by atoms with Crippen molar-refractivity contribution in [3.05, 3.63) is 80.7 Å². The van der Waals surface area contributed by atoms with Gasteiger partial charge in [0.2, 0.25) is 11.2 Å². The number of amides is 1. The van der Waals surface area contributed by atoms with E-state index in [1.807, 2.05) is 17.0 Å². The lowest BCUT2D eigenvalue weighted by atomic mass is 9.87. The van der Waals surface area contributed by atoms with Crippen LogP contribution < -0.4 is 10.2 Å². The molecule has 1 amide bonds. The highest BCUT2D eigenvalue weighted by molar-refractivity contribution is 5.96. The lowest BCUT2D eigenvalue weighted by Gasteiger charge is -2.21. The minimum Gasteiger partial charge on any atom is -0.482 e. The van der Waals surface area contributed by atoms with Crippen LogP contribution in [0.15, 0.2) is 50.3 Å². The van der Waals surface area contributed by atoms with Gasteiger partial charge in [0.25, 0.3) is 5.91 Å². The molecule has 36 heavy (non-hydrogen) atoms. The predicted octanol–water partition coefficient (Wildman–Crippen LogP) is 4.47. The van der Waals surface area contributed by atoms with Crippen LogP contribution in [-0.2, 0) is 18.6 Å². The van der Waals surface area contributed by atoms with Gasteiger partial charge in [-0.25, -0.2) is 0 Å². The number of benzene rings is 1. The average Bonchev–Trinajstić information content (AvgIpc) is 3.02. The van der Waals surface area contributed by atoms with Crippen LogP contribution in [0.5, 0.6) is 5.75 Å². The van der Waals surface area contributed by atoms with Gasteiger partial charge in [0.15, 0.2) is 0 Å². The zero-order valence-electron chi connectivity index (χ0n) is 21.8. The summed E-state index contributed by atoms with van der Waals surface area (Å²) in [5.41, 5.74) is 3.30. The predicted molar refractivity (Wildman–Crippen MR) is 136 cm³/mol. The molecule has 3 heterocycles. The third-order valence-electron chi connectivity index (χ3n) is 6.57. The molecule has 0 radical (unpaired) electrons. The lowest BCUT2D eigenvalue weighted by molar-refractivity contribution is 0.0758. The van der Waals surface area contributed by atoms with Gasteiger partial charge in [0.1, 0.15) is 30.0 Å². The van der Waals surface area contributed by atoms with E-state index in [0.29, 0.717) is 55.6 Å². The molecule has 0 bridgehead atoms. The Morgan fingerprint density at radius 1 is 1.08 bits per heavy atom. The molecule has 3 aromatic rings.